The van der Waals surface area contributed by atoms with Crippen LogP contribution in [-0.4, -0.2) is 39.7 Å². The average molecular weight is 284 g/mol. The van der Waals surface area contributed by atoms with Gasteiger partial charge in [-0.2, -0.15) is 5.10 Å². The molecule has 0 aromatic carbocycles. The molecule has 2 heterocycles. The second-order valence-electron chi connectivity index (χ2n) is 6.06. The van der Waals surface area contributed by atoms with Gasteiger partial charge in [0.1, 0.15) is 0 Å². The molecule has 1 aromatic rings. The molecule has 2 fully saturated rings. The predicted molar refractivity (Wildman–Crippen MR) is 72.5 cm³/mol. The second-order valence-corrected chi connectivity index (χ2v) is 6.06. The summed E-state index contributed by atoms with van der Waals surface area (Å²) in [6, 6.07) is 0.682. The van der Waals surface area contributed by atoms with Gasteiger partial charge in [0.15, 0.2) is 0 Å². The van der Waals surface area contributed by atoms with Gasteiger partial charge in [-0.25, -0.2) is 8.78 Å². The Hall–Kier alpha value is -1.01. The third kappa shape index (κ3) is 2.86. The van der Waals surface area contributed by atoms with Gasteiger partial charge in [-0.15, -0.1) is 0 Å². The molecule has 0 radical (unpaired) electrons. The lowest BCUT2D eigenvalue weighted by atomic mass is 9.91. The molecule has 0 bridgehead atoms. The lowest BCUT2D eigenvalue weighted by molar-refractivity contribution is -0.0518. The van der Waals surface area contributed by atoms with Crippen LogP contribution in [-0.2, 0) is 6.54 Å². The molecule has 6 heteroatoms. The first kappa shape index (κ1) is 13.9. The van der Waals surface area contributed by atoms with Crippen LogP contribution in [0.3, 0.4) is 0 Å². The van der Waals surface area contributed by atoms with E-state index in [9.17, 15) is 8.78 Å². The van der Waals surface area contributed by atoms with Crippen molar-refractivity contribution in [1.82, 2.24) is 14.7 Å². The molecule has 1 aliphatic heterocycles. The van der Waals surface area contributed by atoms with Crippen LogP contribution in [0, 0.1) is 0 Å². The monoisotopic (exact) mass is 284 g/mol. The smallest absolute Gasteiger partial charge is 0.248 e. The average Bonchev–Trinajstić information content (AvgIpc) is 3.07. The minimum absolute atomic E-state index is 0.0396. The van der Waals surface area contributed by atoms with E-state index in [-0.39, 0.29) is 12.8 Å². The Morgan fingerprint density at radius 1 is 1.25 bits per heavy atom. The summed E-state index contributed by atoms with van der Waals surface area (Å²) in [5.74, 6) is -2.44. The van der Waals surface area contributed by atoms with E-state index in [1.54, 1.807) is 0 Å². The molecule has 1 aromatic heterocycles. The van der Waals surface area contributed by atoms with E-state index in [2.05, 4.69) is 10.00 Å². The zero-order valence-corrected chi connectivity index (χ0v) is 11.6. The van der Waals surface area contributed by atoms with Crippen molar-refractivity contribution < 1.29 is 8.78 Å². The van der Waals surface area contributed by atoms with Crippen LogP contribution in [0.4, 0.5) is 8.78 Å². The fourth-order valence-electron chi connectivity index (χ4n) is 3.39. The van der Waals surface area contributed by atoms with Crippen LogP contribution in [0.25, 0.3) is 0 Å². The minimum Gasteiger partial charge on any atom is -0.326 e. The summed E-state index contributed by atoms with van der Waals surface area (Å²) in [7, 11) is 0. The summed E-state index contributed by atoms with van der Waals surface area (Å²) in [4.78, 5) is 2.36. The normalized spacial score (nSPS) is 28.1. The SMILES string of the molecule is NCc1cnn([C@@H]2CCN(C3CCC(F)(F)CC3)C2)c1. The molecule has 0 spiro atoms. The second kappa shape index (κ2) is 5.41. The number of aromatic nitrogens is 2. The Morgan fingerprint density at radius 3 is 2.65 bits per heavy atom. The molecule has 1 saturated carbocycles. The van der Waals surface area contributed by atoms with Gasteiger partial charge in [-0.05, 0) is 19.3 Å². The third-order valence-electron chi connectivity index (χ3n) is 4.66. The van der Waals surface area contributed by atoms with Crippen molar-refractivity contribution in [3.05, 3.63) is 18.0 Å². The summed E-state index contributed by atoms with van der Waals surface area (Å²) in [6.07, 6.45) is 6.17. The van der Waals surface area contributed by atoms with E-state index in [1.165, 1.54) is 0 Å². The molecule has 112 valence electrons. The minimum atomic E-state index is -2.44. The van der Waals surface area contributed by atoms with Gasteiger partial charge in [0.05, 0.1) is 12.2 Å². The number of hydrogen-bond acceptors (Lipinski definition) is 3. The van der Waals surface area contributed by atoms with Gasteiger partial charge in [0.2, 0.25) is 5.92 Å². The first-order valence-electron chi connectivity index (χ1n) is 7.42. The van der Waals surface area contributed by atoms with Gasteiger partial charge in [-0.1, -0.05) is 0 Å². The maximum Gasteiger partial charge on any atom is 0.248 e. The summed E-state index contributed by atoms with van der Waals surface area (Å²) < 4.78 is 28.4. The molecule has 3 rings (SSSR count). The molecule has 4 nitrogen and oxygen atoms in total. The van der Waals surface area contributed by atoms with Crippen LogP contribution in [0.15, 0.2) is 12.4 Å². The first-order chi connectivity index (χ1) is 9.57. The van der Waals surface area contributed by atoms with E-state index >= 15 is 0 Å². The molecule has 1 aliphatic carbocycles. The van der Waals surface area contributed by atoms with Crippen molar-refractivity contribution in [2.75, 3.05) is 13.1 Å². The fraction of sp³-hybridized carbons (Fsp3) is 0.786. The number of likely N-dealkylation sites (tertiary alicyclic amines) is 1. The van der Waals surface area contributed by atoms with Crippen LogP contribution in [0.2, 0.25) is 0 Å². The quantitative estimate of drug-likeness (QED) is 0.925. The molecule has 2 aliphatic rings. The number of nitrogens with two attached hydrogens (primary N) is 1. The highest BCUT2D eigenvalue weighted by molar-refractivity contribution is 5.04. The maximum absolute atomic E-state index is 13.2. The molecule has 2 N–H and O–H groups in total. The summed E-state index contributed by atoms with van der Waals surface area (Å²) in [6.45, 7) is 2.41. The molecule has 1 atom stereocenters. The summed E-state index contributed by atoms with van der Waals surface area (Å²) >= 11 is 0. The Bertz CT molecular complexity index is 450. The molecule has 0 amide bonds. The predicted octanol–water partition coefficient (Wildman–Crippen LogP) is 2.17. The van der Waals surface area contributed by atoms with E-state index < -0.39 is 5.92 Å². The van der Waals surface area contributed by atoms with E-state index in [4.69, 9.17) is 5.73 Å². The Kier molecular flexibility index (Phi) is 3.77. The van der Waals surface area contributed by atoms with Crippen LogP contribution < -0.4 is 5.73 Å². The van der Waals surface area contributed by atoms with Crippen molar-refractivity contribution >= 4 is 0 Å². The molecule has 20 heavy (non-hydrogen) atoms. The topological polar surface area (TPSA) is 47.1 Å². The van der Waals surface area contributed by atoms with Gasteiger partial charge in [0.25, 0.3) is 0 Å². The lowest BCUT2D eigenvalue weighted by Gasteiger charge is -2.34. The van der Waals surface area contributed by atoms with Crippen molar-refractivity contribution in [2.24, 2.45) is 5.73 Å². The molecule has 1 saturated heterocycles. The molecular weight excluding hydrogens is 262 g/mol. The van der Waals surface area contributed by atoms with Crippen molar-refractivity contribution in [1.29, 1.82) is 0 Å². The maximum atomic E-state index is 13.2. The number of alkyl halides is 2. The molecule has 0 unspecified atom stereocenters. The highest BCUT2D eigenvalue weighted by atomic mass is 19.3. The van der Waals surface area contributed by atoms with Crippen molar-refractivity contribution in [2.45, 2.75) is 56.7 Å². The van der Waals surface area contributed by atoms with E-state index in [0.29, 0.717) is 31.5 Å². The molecular formula is C14H22F2N4. The van der Waals surface area contributed by atoms with Crippen LogP contribution >= 0.6 is 0 Å². The van der Waals surface area contributed by atoms with Crippen LogP contribution in [0.5, 0.6) is 0 Å². The van der Waals surface area contributed by atoms with Crippen molar-refractivity contribution in [3.8, 4) is 0 Å². The van der Waals surface area contributed by atoms with Gasteiger partial charge >= 0.3 is 0 Å². The Balaban J connectivity index is 1.57. The van der Waals surface area contributed by atoms with Gasteiger partial charge in [0, 0.05) is 50.3 Å². The van der Waals surface area contributed by atoms with Gasteiger partial charge < -0.3 is 5.73 Å². The van der Waals surface area contributed by atoms with Crippen molar-refractivity contribution in [3.63, 3.8) is 0 Å². The number of halogens is 2. The Labute approximate surface area is 117 Å². The first-order valence-corrected chi connectivity index (χ1v) is 7.42. The lowest BCUT2D eigenvalue weighted by Crippen LogP contribution is -2.39. The highest BCUT2D eigenvalue weighted by Crippen LogP contribution is 2.37. The van der Waals surface area contributed by atoms with E-state index in [1.807, 2.05) is 17.1 Å². The highest BCUT2D eigenvalue weighted by Gasteiger charge is 2.38. The number of hydrogen-bond donors (Lipinski definition) is 1. The zero-order valence-electron chi connectivity index (χ0n) is 11.6. The Morgan fingerprint density at radius 2 is 2.00 bits per heavy atom. The summed E-state index contributed by atoms with van der Waals surface area (Å²) in [5, 5.41) is 4.36. The zero-order chi connectivity index (χ0) is 14.2. The fourth-order valence-corrected chi connectivity index (χ4v) is 3.39. The number of rotatable bonds is 3. The number of nitrogens with zero attached hydrogens (tertiary/aromatic N) is 3. The standard InChI is InChI=1S/C14H22F2N4/c15-14(16)4-1-12(2-5-14)19-6-3-13(10-19)20-9-11(7-17)8-18-20/h8-9,12-13H,1-7,10,17H2/t13-/m1/s1. The van der Waals surface area contributed by atoms with Crippen LogP contribution in [0.1, 0.15) is 43.7 Å². The third-order valence-corrected chi connectivity index (χ3v) is 4.66. The largest absolute Gasteiger partial charge is 0.326 e. The van der Waals surface area contributed by atoms with Gasteiger partial charge in [-0.3, -0.25) is 9.58 Å². The van der Waals surface area contributed by atoms with E-state index in [0.717, 1.165) is 25.1 Å². The summed E-state index contributed by atoms with van der Waals surface area (Å²) in [5.41, 5.74) is 6.64.